The van der Waals surface area contributed by atoms with Gasteiger partial charge in [-0.25, -0.2) is 0 Å². The van der Waals surface area contributed by atoms with Gasteiger partial charge in [-0.3, -0.25) is 29.6 Å². The number of thioether (sulfide) groups is 1. The van der Waals surface area contributed by atoms with Crippen LogP contribution in [-0.2, 0) is 20.8 Å². The summed E-state index contributed by atoms with van der Waals surface area (Å²) in [5.74, 6) is -2.34. The Bertz CT molecular complexity index is 1060. The highest BCUT2D eigenvalue weighted by atomic mass is 32.2. The van der Waals surface area contributed by atoms with E-state index in [1.807, 2.05) is 55.6 Å². The normalized spacial score (nSPS) is 25.7. The molecule has 0 aliphatic carbocycles. The lowest BCUT2D eigenvalue weighted by molar-refractivity contribution is -0.151. The number of carbonyl (C=O) groups is 3. The van der Waals surface area contributed by atoms with Gasteiger partial charge in [0.1, 0.15) is 11.3 Å². The van der Waals surface area contributed by atoms with Gasteiger partial charge in [0, 0.05) is 30.9 Å². The molecule has 3 heterocycles. The van der Waals surface area contributed by atoms with Crippen molar-refractivity contribution in [2.75, 3.05) is 25.2 Å². The number of amides is 2. The number of imide groups is 1. The highest BCUT2D eigenvalue weighted by Gasteiger charge is 2.68. The number of pyridine rings is 1. The van der Waals surface area contributed by atoms with Crippen LogP contribution in [0.1, 0.15) is 37.1 Å². The van der Waals surface area contributed by atoms with Crippen LogP contribution in [0, 0.1) is 11.8 Å². The van der Waals surface area contributed by atoms with Gasteiger partial charge in [-0.05, 0) is 54.7 Å². The van der Waals surface area contributed by atoms with Crippen LogP contribution < -0.4 is 10.1 Å². The zero-order valence-electron chi connectivity index (χ0n) is 20.0. The molecule has 4 atom stereocenters. The molecule has 1 aromatic carbocycles. The molecule has 1 aromatic heterocycles. The van der Waals surface area contributed by atoms with Crippen molar-refractivity contribution in [2.45, 2.75) is 37.8 Å². The Kier molecular flexibility index (Phi) is 7.76. The number of fused-ring (bicyclic) bond motifs is 1. The topological polar surface area (TPSA) is 109 Å². The molecule has 2 N–H and O–H groups in total. The minimum Gasteiger partial charge on any atom is -0.494 e. The van der Waals surface area contributed by atoms with E-state index < -0.39 is 35.3 Å². The predicted octanol–water partition coefficient (Wildman–Crippen LogP) is 2.94. The monoisotopic (exact) mass is 497 g/mol. The third kappa shape index (κ3) is 4.79. The lowest BCUT2D eigenvalue weighted by atomic mass is 9.78. The predicted molar refractivity (Wildman–Crippen MR) is 133 cm³/mol. The first-order valence-corrected chi connectivity index (χ1v) is 13.3. The molecular weight excluding hydrogens is 466 g/mol. The number of benzene rings is 1. The smallest absolute Gasteiger partial charge is 0.324 e. The van der Waals surface area contributed by atoms with Crippen molar-refractivity contribution in [3.63, 3.8) is 0 Å². The highest BCUT2D eigenvalue weighted by molar-refractivity contribution is 7.98. The Balaban J connectivity index is 1.66. The first-order chi connectivity index (χ1) is 16.9. The van der Waals surface area contributed by atoms with E-state index in [0.29, 0.717) is 24.5 Å². The minimum absolute atomic E-state index is 0.177. The third-order valence-electron chi connectivity index (χ3n) is 6.86. The summed E-state index contributed by atoms with van der Waals surface area (Å²) in [5.41, 5.74) is 0.0283. The van der Waals surface area contributed by atoms with Crippen molar-refractivity contribution >= 4 is 29.5 Å². The van der Waals surface area contributed by atoms with Crippen molar-refractivity contribution in [2.24, 2.45) is 11.8 Å². The van der Waals surface area contributed by atoms with Crippen LogP contribution >= 0.6 is 11.8 Å². The summed E-state index contributed by atoms with van der Waals surface area (Å²) < 4.78 is 5.67. The summed E-state index contributed by atoms with van der Waals surface area (Å²) in [5, 5.41) is 13.6. The largest absolute Gasteiger partial charge is 0.494 e. The van der Waals surface area contributed by atoms with Crippen molar-refractivity contribution in [1.29, 1.82) is 0 Å². The van der Waals surface area contributed by atoms with Gasteiger partial charge in [0.25, 0.3) is 0 Å². The maximum absolute atomic E-state index is 13.6. The summed E-state index contributed by atoms with van der Waals surface area (Å²) in [4.78, 5) is 45.4. The molecule has 2 aliphatic heterocycles. The van der Waals surface area contributed by atoms with Crippen LogP contribution in [0.25, 0.3) is 0 Å². The summed E-state index contributed by atoms with van der Waals surface area (Å²) in [6.07, 6.45) is 5.12. The number of carboxylic acid groups (broad SMARTS) is 1. The molecule has 2 saturated heterocycles. The van der Waals surface area contributed by atoms with Gasteiger partial charge in [-0.1, -0.05) is 25.1 Å². The lowest BCUT2D eigenvalue weighted by Gasteiger charge is -2.31. The molecule has 4 rings (SSSR count). The molecule has 0 spiro atoms. The Morgan fingerprint density at radius 1 is 1.20 bits per heavy atom. The molecule has 0 saturated carbocycles. The van der Waals surface area contributed by atoms with E-state index in [9.17, 15) is 19.5 Å². The van der Waals surface area contributed by atoms with E-state index in [1.165, 1.54) is 16.7 Å². The summed E-state index contributed by atoms with van der Waals surface area (Å²) in [7, 11) is 0. The molecule has 2 fully saturated rings. The SMILES string of the molecule is CCCOc1ccc(C2NC(CCSC)(C(=O)O)C3C(=O)N(CCc4ccccn4)C(=O)C23)cc1. The van der Waals surface area contributed by atoms with Crippen LogP contribution in [0.15, 0.2) is 48.7 Å². The second-order valence-corrected chi connectivity index (χ2v) is 9.95. The maximum atomic E-state index is 13.6. The van der Waals surface area contributed by atoms with Crippen LogP contribution in [0.2, 0.25) is 0 Å². The van der Waals surface area contributed by atoms with Crippen molar-refractivity contribution in [3.05, 3.63) is 59.9 Å². The van der Waals surface area contributed by atoms with Gasteiger partial charge in [0.05, 0.1) is 18.4 Å². The highest BCUT2D eigenvalue weighted by Crippen LogP contribution is 2.50. The molecule has 35 heavy (non-hydrogen) atoms. The zero-order valence-corrected chi connectivity index (χ0v) is 20.8. The van der Waals surface area contributed by atoms with Gasteiger partial charge >= 0.3 is 5.97 Å². The van der Waals surface area contributed by atoms with Crippen LogP contribution in [0.4, 0.5) is 0 Å². The van der Waals surface area contributed by atoms with E-state index in [0.717, 1.165) is 17.7 Å². The van der Waals surface area contributed by atoms with E-state index in [1.54, 1.807) is 6.20 Å². The van der Waals surface area contributed by atoms with Crippen LogP contribution in [0.3, 0.4) is 0 Å². The number of rotatable bonds is 11. The number of likely N-dealkylation sites (tertiary alicyclic amines) is 1. The van der Waals surface area contributed by atoms with E-state index in [4.69, 9.17) is 4.74 Å². The van der Waals surface area contributed by atoms with Crippen molar-refractivity contribution in [1.82, 2.24) is 15.2 Å². The number of ether oxygens (including phenoxy) is 1. The molecule has 4 unspecified atom stereocenters. The van der Waals surface area contributed by atoms with E-state index >= 15 is 0 Å². The summed E-state index contributed by atoms with van der Waals surface area (Å²) >= 11 is 1.52. The number of aliphatic carboxylic acids is 1. The second-order valence-electron chi connectivity index (χ2n) is 8.96. The number of carboxylic acids is 1. The average Bonchev–Trinajstić information content (AvgIpc) is 3.35. The van der Waals surface area contributed by atoms with Crippen molar-refractivity contribution in [3.8, 4) is 5.75 Å². The number of nitrogens with zero attached hydrogens (tertiary/aromatic N) is 2. The lowest BCUT2D eigenvalue weighted by Crippen LogP contribution is -2.56. The molecule has 2 aromatic rings. The second kappa shape index (κ2) is 10.8. The first-order valence-electron chi connectivity index (χ1n) is 11.9. The minimum atomic E-state index is -1.51. The van der Waals surface area contributed by atoms with Gasteiger partial charge in [0.15, 0.2) is 0 Å². The van der Waals surface area contributed by atoms with E-state index in [2.05, 4.69) is 10.3 Å². The van der Waals surface area contributed by atoms with Crippen molar-refractivity contribution < 1.29 is 24.2 Å². The van der Waals surface area contributed by atoms with Crippen LogP contribution in [0.5, 0.6) is 5.75 Å². The molecule has 186 valence electrons. The molecule has 0 radical (unpaired) electrons. The van der Waals surface area contributed by atoms with Gasteiger partial charge in [-0.2, -0.15) is 11.8 Å². The zero-order chi connectivity index (χ0) is 25.0. The molecule has 2 amide bonds. The average molecular weight is 498 g/mol. The van der Waals surface area contributed by atoms with Gasteiger partial charge in [-0.15, -0.1) is 0 Å². The summed E-state index contributed by atoms with van der Waals surface area (Å²) in [6.45, 7) is 2.80. The van der Waals surface area contributed by atoms with E-state index in [-0.39, 0.29) is 18.9 Å². The fraction of sp³-hybridized carbons (Fsp3) is 0.462. The number of carbonyl (C=O) groups excluding carboxylic acids is 2. The molecular formula is C26H31N3O5S. The fourth-order valence-corrected chi connectivity index (χ4v) is 5.66. The Morgan fingerprint density at radius 3 is 2.60 bits per heavy atom. The molecule has 9 heteroatoms. The number of hydrogen-bond acceptors (Lipinski definition) is 7. The molecule has 0 bridgehead atoms. The van der Waals surface area contributed by atoms with Gasteiger partial charge in [0.2, 0.25) is 11.8 Å². The first kappa shape index (κ1) is 25.2. The van der Waals surface area contributed by atoms with Crippen LogP contribution in [-0.4, -0.2) is 63.5 Å². The Labute approximate surface area is 209 Å². The quantitative estimate of drug-likeness (QED) is 0.456. The third-order valence-corrected chi connectivity index (χ3v) is 7.47. The molecule has 8 nitrogen and oxygen atoms in total. The van der Waals surface area contributed by atoms with Gasteiger partial charge < -0.3 is 9.84 Å². The Morgan fingerprint density at radius 2 is 1.97 bits per heavy atom. The maximum Gasteiger partial charge on any atom is 0.324 e. The number of nitrogens with one attached hydrogen (secondary N) is 1. The fourth-order valence-electron chi connectivity index (χ4n) is 5.13. The molecule has 2 aliphatic rings. The number of hydrogen-bond donors (Lipinski definition) is 2. The number of aromatic nitrogens is 1. The summed E-state index contributed by atoms with van der Waals surface area (Å²) in [6, 6.07) is 12.3. The Hall–Kier alpha value is -2.91. The standard InChI is InChI=1S/C26H31N3O5S/c1-3-15-34-19-9-7-17(8-10-19)22-20-21(26(28-22,25(32)33)12-16-35-2)24(31)29(23(20)30)14-11-18-6-4-5-13-27-18/h4-10,13,20-22,28H,3,11-12,14-16H2,1-2H3,(H,32,33).